The monoisotopic (exact) mass is 358 g/mol. The van der Waals surface area contributed by atoms with Crippen molar-refractivity contribution in [2.75, 3.05) is 18.8 Å². The van der Waals surface area contributed by atoms with Crippen LogP contribution in [0.25, 0.3) is 0 Å². The van der Waals surface area contributed by atoms with E-state index in [1.807, 2.05) is 4.90 Å². The second-order valence-corrected chi connectivity index (χ2v) is 7.67. The Balaban J connectivity index is 2.13. The van der Waals surface area contributed by atoms with Crippen molar-refractivity contribution in [1.82, 2.24) is 4.90 Å². The summed E-state index contributed by atoms with van der Waals surface area (Å²) in [7, 11) is -1.42. The Morgan fingerprint density at radius 1 is 1.35 bits per heavy atom. The Labute approximate surface area is 130 Å². The number of piperidine rings is 1. The Morgan fingerprint density at radius 2 is 2.00 bits per heavy atom. The highest BCUT2D eigenvalue weighted by Crippen LogP contribution is 2.24. The molecular formula is C14H19BrN2O2S. The van der Waals surface area contributed by atoms with Crippen LogP contribution in [0.15, 0.2) is 27.6 Å². The number of likely N-dealkylation sites (tertiary alicyclic amines) is 1. The molecule has 1 aliphatic heterocycles. The van der Waals surface area contributed by atoms with Gasteiger partial charge in [-0.1, -0.05) is 15.9 Å². The van der Waals surface area contributed by atoms with E-state index in [1.54, 1.807) is 25.1 Å². The highest BCUT2D eigenvalue weighted by molar-refractivity contribution is 9.10. The second-order valence-electron chi connectivity index (χ2n) is 5.01. The second kappa shape index (κ2) is 6.72. The van der Waals surface area contributed by atoms with Crippen LogP contribution in [0.4, 0.5) is 5.69 Å². The molecular weight excluding hydrogens is 340 g/mol. The van der Waals surface area contributed by atoms with E-state index in [9.17, 15) is 9.00 Å². The van der Waals surface area contributed by atoms with Crippen LogP contribution in [0, 0.1) is 0 Å². The van der Waals surface area contributed by atoms with Crippen LogP contribution in [-0.2, 0) is 15.6 Å². The normalized spacial score (nSPS) is 18.6. The smallest absolute Gasteiger partial charge is 0.238 e. The fraction of sp³-hybridized carbons (Fsp3) is 0.500. The summed E-state index contributed by atoms with van der Waals surface area (Å²) >= 11 is 3.32. The molecule has 1 heterocycles. The van der Waals surface area contributed by atoms with Crippen LogP contribution >= 0.6 is 15.9 Å². The number of anilines is 1. The number of amides is 1. The molecule has 0 bridgehead atoms. The van der Waals surface area contributed by atoms with Crippen molar-refractivity contribution in [1.29, 1.82) is 0 Å². The van der Waals surface area contributed by atoms with Gasteiger partial charge in [-0.15, -0.1) is 0 Å². The van der Waals surface area contributed by atoms with Gasteiger partial charge in [0.25, 0.3) is 0 Å². The summed E-state index contributed by atoms with van der Waals surface area (Å²) in [6.45, 7) is 3.26. The fourth-order valence-electron chi connectivity index (χ4n) is 2.36. The number of nitrogens with two attached hydrogens (primary N) is 1. The summed E-state index contributed by atoms with van der Waals surface area (Å²) in [5, 5.41) is -0.559. The number of nitrogens with zero attached hydrogens (tertiary/aromatic N) is 1. The average molecular weight is 359 g/mol. The molecule has 0 aromatic heterocycles. The Morgan fingerprint density at radius 3 is 2.60 bits per heavy atom. The molecule has 1 aliphatic rings. The summed E-state index contributed by atoms with van der Waals surface area (Å²) in [6.07, 6.45) is 3.23. The van der Waals surface area contributed by atoms with Gasteiger partial charge in [0, 0.05) is 23.2 Å². The first kappa shape index (κ1) is 15.5. The number of rotatable bonds is 3. The summed E-state index contributed by atoms with van der Waals surface area (Å²) in [5.41, 5.74) is 6.35. The van der Waals surface area contributed by atoms with Gasteiger partial charge < -0.3 is 10.6 Å². The van der Waals surface area contributed by atoms with Gasteiger partial charge >= 0.3 is 0 Å². The molecule has 2 atom stereocenters. The van der Waals surface area contributed by atoms with Crippen LogP contribution < -0.4 is 5.73 Å². The molecule has 4 nitrogen and oxygen atoms in total. The van der Waals surface area contributed by atoms with Crippen LogP contribution in [0.1, 0.15) is 26.2 Å². The van der Waals surface area contributed by atoms with Crippen LogP contribution in [0.3, 0.4) is 0 Å². The molecule has 0 radical (unpaired) electrons. The SMILES string of the molecule is CC(C(=O)N1CCCCC1)S(=O)c1ccc(Br)cc1N. The molecule has 0 saturated carbocycles. The van der Waals surface area contributed by atoms with Gasteiger partial charge in [-0.2, -0.15) is 0 Å². The van der Waals surface area contributed by atoms with Gasteiger partial charge in [0.05, 0.1) is 15.7 Å². The standard InChI is InChI=1S/C14H19BrN2O2S/c1-10(14(18)17-7-3-2-4-8-17)20(19)13-6-5-11(15)9-12(13)16/h5-6,9-10H,2-4,7-8,16H2,1H3. The number of nitrogen functional groups attached to an aromatic ring is 1. The van der Waals surface area contributed by atoms with Crippen molar-refractivity contribution >= 4 is 38.3 Å². The first-order valence-electron chi connectivity index (χ1n) is 6.75. The molecule has 0 spiro atoms. The minimum atomic E-state index is -1.42. The Hall–Kier alpha value is -0.880. The third-order valence-electron chi connectivity index (χ3n) is 3.53. The van der Waals surface area contributed by atoms with E-state index in [0.29, 0.717) is 10.6 Å². The molecule has 1 fully saturated rings. The number of carbonyl (C=O) groups is 1. The molecule has 1 aromatic carbocycles. The molecule has 110 valence electrons. The van der Waals surface area contributed by atoms with Crippen LogP contribution in [-0.4, -0.2) is 33.4 Å². The van der Waals surface area contributed by atoms with E-state index in [1.165, 1.54) is 6.42 Å². The largest absolute Gasteiger partial charge is 0.398 e. The molecule has 1 amide bonds. The van der Waals surface area contributed by atoms with Crippen molar-refractivity contribution in [3.05, 3.63) is 22.7 Å². The maximum Gasteiger partial charge on any atom is 0.238 e. The number of hydrogen-bond donors (Lipinski definition) is 1. The molecule has 6 heteroatoms. The van der Waals surface area contributed by atoms with Crippen LogP contribution in [0.5, 0.6) is 0 Å². The molecule has 2 unspecified atom stereocenters. The number of benzene rings is 1. The first-order valence-corrected chi connectivity index (χ1v) is 8.75. The molecule has 1 saturated heterocycles. The zero-order valence-corrected chi connectivity index (χ0v) is 13.9. The lowest BCUT2D eigenvalue weighted by Gasteiger charge is -2.29. The third kappa shape index (κ3) is 3.41. The van der Waals surface area contributed by atoms with E-state index in [0.717, 1.165) is 30.4 Å². The summed E-state index contributed by atoms with van der Waals surface area (Å²) in [4.78, 5) is 14.7. The molecule has 2 N–H and O–H groups in total. The zero-order valence-electron chi connectivity index (χ0n) is 11.5. The minimum Gasteiger partial charge on any atom is -0.398 e. The van der Waals surface area contributed by atoms with Gasteiger partial charge in [0.1, 0.15) is 5.25 Å². The third-order valence-corrected chi connectivity index (χ3v) is 5.67. The minimum absolute atomic E-state index is 0.0367. The number of hydrogen-bond acceptors (Lipinski definition) is 3. The van der Waals surface area contributed by atoms with Crippen molar-refractivity contribution < 1.29 is 9.00 Å². The van der Waals surface area contributed by atoms with Gasteiger partial charge in [-0.05, 0) is 44.4 Å². The van der Waals surface area contributed by atoms with E-state index >= 15 is 0 Å². The van der Waals surface area contributed by atoms with Gasteiger partial charge in [0.15, 0.2) is 0 Å². The van der Waals surface area contributed by atoms with E-state index in [2.05, 4.69) is 15.9 Å². The highest BCUT2D eigenvalue weighted by Gasteiger charge is 2.28. The maximum absolute atomic E-state index is 12.5. The van der Waals surface area contributed by atoms with Gasteiger partial charge in [0.2, 0.25) is 5.91 Å². The fourth-order valence-corrected chi connectivity index (χ4v) is 3.94. The Kier molecular flexibility index (Phi) is 5.21. The number of carbonyl (C=O) groups excluding carboxylic acids is 1. The maximum atomic E-state index is 12.5. The first-order chi connectivity index (χ1) is 9.50. The highest BCUT2D eigenvalue weighted by atomic mass is 79.9. The molecule has 2 rings (SSSR count). The molecule has 0 aliphatic carbocycles. The van der Waals surface area contributed by atoms with Crippen molar-refractivity contribution in [3.63, 3.8) is 0 Å². The lowest BCUT2D eigenvalue weighted by molar-refractivity contribution is -0.131. The van der Waals surface area contributed by atoms with E-state index in [-0.39, 0.29) is 5.91 Å². The average Bonchev–Trinajstić information content (AvgIpc) is 2.46. The summed E-state index contributed by atoms with van der Waals surface area (Å²) < 4.78 is 13.4. The zero-order chi connectivity index (χ0) is 14.7. The van der Waals surface area contributed by atoms with Crippen molar-refractivity contribution in [2.24, 2.45) is 0 Å². The van der Waals surface area contributed by atoms with Gasteiger partial charge in [-0.3, -0.25) is 9.00 Å². The van der Waals surface area contributed by atoms with Crippen molar-refractivity contribution in [2.45, 2.75) is 36.3 Å². The summed E-state index contributed by atoms with van der Waals surface area (Å²) in [5.74, 6) is -0.0367. The van der Waals surface area contributed by atoms with Crippen molar-refractivity contribution in [3.8, 4) is 0 Å². The number of halogens is 1. The van der Waals surface area contributed by atoms with E-state index in [4.69, 9.17) is 5.73 Å². The predicted molar refractivity (Wildman–Crippen MR) is 84.9 cm³/mol. The molecule has 20 heavy (non-hydrogen) atoms. The quantitative estimate of drug-likeness (QED) is 0.844. The topological polar surface area (TPSA) is 63.4 Å². The van der Waals surface area contributed by atoms with Gasteiger partial charge in [-0.25, -0.2) is 0 Å². The lowest BCUT2D eigenvalue weighted by atomic mass is 10.1. The van der Waals surface area contributed by atoms with E-state index < -0.39 is 16.0 Å². The summed E-state index contributed by atoms with van der Waals surface area (Å²) in [6, 6.07) is 5.22. The Bertz CT molecular complexity index is 530. The predicted octanol–water partition coefficient (Wildman–Crippen LogP) is 2.54. The molecule has 1 aromatic rings. The van der Waals surface area contributed by atoms with Crippen LogP contribution in [0.2, 0.25) is 0 Å². The lowest BCUT2D eigenvalue weighted by Crippen LogP contribution is -2.42.